The molecule has 0 unspecified atom stereocenters. The van der Waals surface area contributed by atoms with E-state index in [0.29, 0.717) is 18.8 Å². The summed E-state index contributed by atoms with van der Waals surface area (Å²) in [5, 5.41) is 10.1. The van der Waals surface area contributed by atoms with Crippen LogP contribution in [-0.4, -0.2) is 52.0 Å². The number of benzene rings is 1. The highest BCUT2D eigenvalue weighted by molar-refractivity contribution is 5.91. The molecule has 6 heteroatoms. The number of hydrogen-bond acceptors (Lipinski definition) is 4. The molecular weight excluding hydrogens is 292 g/mol. The zero-order valence-electron chi connectivity index (χ0n) is 13.4. The lowest BCUT2D eigenvalue weighted by Gasteiger charge is -2.24. The normalized spacial score (nSPS) is 17.3. The van der Waals surface area contributed by atoms with Crippen LogP contribution in [0.5, 0.6) is 0 Å². The summed E-state index contributed by atoms with van der Waals surface area (Å²) in [5.74, 6) is -0.0960. The number of aromatic nitrogens is 3. The number of rotatable bonds is 6. The third-order valence-corrected chi connectivity index (χ3v) is 4.16. The molecule has 0 radical (unpaired) electrons. The summed E-state index contributed by atoms with van der Waals surface area (Å²) in [6, 6.07) is 8.42. The highest BCUT2D eigenvalue weighted by Gasteiger charge is 2.24. The minimum absolute atomic E-state index is 0.0960. The summed E-state index contributed by atoms with van der Waals surface area (Å²) in [6.45, 7) is 4.11. The lowest BCUT2D eigenvalue weighted by atomic mass is 10.1. The summed E-state index contributed by atoms with van der Waals surface area (Å²) in [4.78, 5) is 14.4. The van der Waals surface area contributed by atoms with Crippen LogP contribution in [0.4, 0.5) is 0 Å². The molecule has 2 aromatic rings. The zero-order valence-corrected chi connectivity index (χ0v) is 13.4. The predicted octanol–water partition coefficient (Wildman–Crippen LogP) is 1.98. The van der Waals surface area contributed by atoms with Gasteiger partial charge in [-0.2, -0.15) is 15.4 Å². The molecule has 2 heterocycles. The Labute approximate surface area is 135 Å². The first-order valence-electron chi connectivity index (χ1n) is 8.04. The second kappa shape index (κ2) is 7.37. The van der Waals surface area contributed by atoms with Gasteiger partial charge in [-0.3, -0.25) is 4.79 Å². The van der Waals surface area contributed by atoms with Crippen molar-refractivity contribution in [3.05, 3.63) is 47.3 Å². The third kappa shape index (κ3) is 4.16. The molecule has 0 spiro atoms. The van der Waals surface area contributed by atoms with Gasteiger partial charge in [-0.05, 0) is 31.7 Å². The van der Waals surface area contributed by atoms with Crippen molar-refractivity contribution in [2.45, 2.75) is 32.3 Å². The van der Waals surface area contributed by atoms with Crippen LogP contribution < -0.4 is 0 Å². The Morgan fingerprint density at radius 1 is 1.39 bits per heavy atom. The van der Waals surface area contributed by atoms with Crippen molar-refractivity contribution < 1.29 is 9.53 Å². The molecule has 1 N–H and O–H groups in total. The molecule has 1 saturated heterocycles. The molecule has 1 aliphatic heterocycles. The Bertz CT molecular complexity index is 619. The number of carbonyl (C=O) groups excluding carboxylic acids is 1. The topological polar surface area (TPSA) is 71.1 Å². The molecule has 1 atom stereocenters. The van der Waals surface area contributed by atoms with E-state index in [0.717, 1.165) is 25.9 Å². The van der Waals surface area contributed by atoms with Gasteiger partial charge in [-0.1, -0.05) is 29.8 Å². The van der Waals surface area contributed by atoms with Crippen LogP contribution in [0.1, 0.15) is 34.5 Å². The molecule has 0 aliphatic carbocycles. The monoisotopic (exact) mass is 314 g/mol. The fourth-order valence-corrected chi connectivity index (χ4v) is 2.80. The lowest BCUT2D eigenvalue weighted by molar-refractivity contribution is 0.0524. The van der Waals surface area contributed by atoms with E-state index in [-0.39, 0.29) is 12.0 Å². The molecule has 1 aromatic carbocycles. The van der Waals surface area contributed by atoms with Gasteiger partial charge in [0.15, 0.2) is 5.69 Å². The first-order chi connectivity index (χ1) is 11.2. The van der Waals surface area contributed by atoms with Crippen molar-refractivity contribution in [1.29, 1.82) is 0 Å². The van der Waals surface area contributed by atoms with E-state index in [9.17, 15) is 4.79 Å². The maximum absolute atomic E-state index is 12.6. The number of hydrogen-bond donors (Lipinski definition) is 1. The van der Waals surface area contributed by atoms with Gasteiger partial charge >= 0.3 is 0 Å². The van der Waals surface area contributed by atoms with Crippen molar-refractivity contribution in [2.75, 3.05) is 19.7 Å². The summed E-state index contributed by atoms with van der Waals surface area (Å²) in [6.07, 6.45) is 4.48. The third-order valence-electron chi connectivity index (χ3n) is 4.16. The summed E-state index contributed by atoms with van der Waals surface area (Å²) in [7, 11) is 0. The molecule has 1 amide bonds. The van der Waals surface area contributed by atoms with E-state index < -0.39 is 0 Å². The number of aryl methyl sites for hydroxylation is 1. The van der Waals surface area contributed by atoms with Crippen LogP contribution >= 0.6 is 0 Å². The highest BCUT2D eigenvalue weighted by Crippen LogP contribution is 2.15. The Morgan fingerprint density at radius 2 is 2.22 bits per heavy atom. The molecule has 6 nitrogen and oxygen atoms in total. The van der Waals surface area contributed by atoms with Crippen molar-refractivity contribution in [3.8, 4) is 0 Å². The Morgan fingerprint density at radius 3 is 2.87 bits per heavy atom. The molecular formula is C17H22N4O2. The van der Waals surface area contributed by atoms with Crippen molar-refractivity contribution in [1.82, 2.24) is 20.3 Å². The van der Waals surface area contributed by atoms with Gasteiger partial charge in [0.2, 0.25) is 0 Å². The molecule has 1 aliphatic rings. The fourth-order valence-electron chi connectivity index (χ4n) is 2.80. The molecule has 122 valence electrons. The molecule has 0 saturated carbocycles. The smallest absolute Gasteiger partial charge is 0.276 e. The van der Waals surface area contributed by atoms with Crippen molar-refractivity contribution >= 4 is 5.91 Å². The van der Waals surface area contributed by atoms with Crippen molar-refractivity contribution in [3.63, 3.8) is 0 Å². The molecule has 1 fully saturated rings. The van der Waals surface area contributed by atoms with Crippen LogP contribution in [0.25, 0.3) is 0 Å². The van der Waals surface area contributed by atoms with Gasteiger partial charge in [-0.25, -0.2) is 0 Å². The van der Waals surface area contributed by atoms with Crippen LogP contribution in [0.3, 0.4) is 0 Å². The van der Waals surface area contributed by atoms with Gasteiger partial charge in [0.25, 0.3) is 5.91 Å². The number of H-pyrrole nitrogens is 1. The van der Waals surface area contributed by atoms with Crippen LogP contribution in [0.15, 0.2) is 30.5 Å². The summed E-state index contributed by atoms with van der Waals surface area (Å²) in [5.41, 5.74) is 2.82. The van der Waals surface area contributed by atoms with E-state index in [4.69, 9.17) is 4.74 Å². The van der Waals surface area contributed by atoms with E-state index in [2.05, 4.69) is 46.6 Å². The summed E-state index contributed by atoms with van der Waals surface area (Å²) >= 11 is 0. The highest BCUT2D eigenvalue weighted by atomic mass is 16.5. The first-order valence-corrected chi connectivity index (χ1v) is 8.04. The van der Waals surface area contributed by atoms with E-state index in [1.54, 1.807) is 0 Å². The predicted molar refractivity (Wildman–Crippen MR) is 86.1 cm³/mol. The molecule has 23 heavy (non-hydrogen) atoms. The van der Waals surface area contributed by atoms with E-state index >= 15 is 0 Å². The number of nitrogens with one attached hydrogen (secondary N) is 1. The summed E-state index contributed by atoms with van der Waals surface area (Å²) < 4.78 is 5.68. The van der Waals surface area contributed by atoms with Crippen LogP contribution in [-0.2, 0) is 11.2 Å². The molecule has 0 bridgehead atoms. The average molecular weight is 314 g/mol. The largest absolute Gasteiger partial charge is 0.376 e. The Balaban J connectivity index is 1.66. The molecule has 3 rings (SSSR count). The average Bonchev–Trinajstić information content (AvgIpc) is 3.26. The lowest BCUT2D eigenvalue weighted by Crippen LogP contribution is -2.39. The fraction of sp³-hybridized carbons (Fsp3) is 0.471. The van der Waals surface area contributed by atoms with Gasteiger partial charge in [0.1, 0.15) is 0 Å². The Hall–Kier alpha value is -2.21. The minimum Gasteiger partial charge on any atom is -0.376 e. The van der Waals surface area contributed by atoms with Crippen LogP contribution in [0.2, 0.25) is 0 Å². The number of amides is 1. The number of nitrogens with zero attached hydrogens (tertiary/aromatic N) is 3. The van der Waals surface area contributed by atoms with E-state index in [1.807, 2.05) is 4.90 Å². The minimum atomic E-state index is -0.0960. The zero-order chi connectivity index (χ0) is 16.1. The van der Waals surface area contributed by atoms with E-state index in [1.165, 1.54) is 17.3 Å². The van der Waals surface area contributed by atoms with Gasteiger partial charge in [0, 0.05) is 19.7 Å². The number of carbonyl (C=O) groups is 1. The maximum atomic E-state index is 12.6. The first kappa shape index (κ1) is 15.7. The standard InChI is InChI=1S/C17H22N4O2/c1-13-4-6-14(7-5-13)8-9-21(12-15-3-2-10-23-15)17(22)16-11-18-20-19-16/h4-7,11,15H,2-3,8-10,12H2,1H3,(H,18,19,20)/t15-/m0/s1. The van der Waals surface area contributed by atoms with Crippen LogP contribution in [0, 0.1) is 6.92 Å². The van der Waals surface area contributed by atoms with Gasteiger partial charge < -0.3 is 9.64 Å². The second-order valence-electron chi connectivity index (χ2n) is 5.98. The van der Waals surface area contributed by atoms with Crippen molar-refractivity contribution in [2.24, 2.45) is 0 Å². The second-order valence-corrected chi connectivity index (χ2v) is 5.98. The Kier molecular flexibility index (Phi) is 5.02. The number of ether oxygens (including phenoxy) is 1. The number of aromatic amines is 1. The molecule has 1 aromatic heterocycles. The maximum Gasteiger partial charge on any atom is 0.276 e. The van der Waals surface area contributed by atoms with Gasteiger partial charge in [0.05, 0.1) is 12.3 Å². The van der Waals surface area contributed by atoms with Gasteiger partial charge in [-0.15, -0.1) is 0 Å². The quantitative estimate of drug-likeness (QED) is 0.885. The SMILES string of the molecule is Cc1ccc(CCN(C[C@@H]2CCCO2)C(=O)c2cn[nH]n2)cc1.